The molecule has 9 heteroatoms. The van der Waals surface area contributed by atoms with E-state index in [4.69, 9.17) is 5.73 Å². The average molecular weight is 492 g/mol. The molecule has 0 spiro atoms. The summed E-state index contributed by atoms with van der Waals surface area (Å²) in [6, 6.07) is 13.2. The monoisotopic (exact) mass is 491 g/mol. The van der Waals surface area contributed by atoms with Gasteiger partial charge in [-0.2, -0.15) is 0 Å². The van der Waals surface area contributed by atoms with Crippen molar-refractivity contribution in [2.75, 3.05) is 24.2 Å². The Kier molecular flexibility index (Phi) is 7.55. The first-order chi connectivity index (χ1) is 16.8. The molecule has 182 valence electrons. The van der Waals surface area contributed by atoms with Gasteiger partial charge in [0.2, 0.25) is 11.8 Å². The van der Waals surface area contributed by atoms with Crippen LogP contribution < -0.4 is 11.1 Å². The highest BCUT2D eigenvalue weighted by Crippen LogP contribution is 2.25. The van der Waals surface area contributed by atoms with E-state index in [0.717, 1.165) is 16.8 Å². The zero-order chi connectivity index (χ0) is 24.9. The van der Waals surface area contributed by atoms with Crippen LogP contribution in [0.3, 0.4) is 0 Å². The first-order valence-electron chi connectivity index (χ1n) is 11.5. The summed E-state index contributed by atoms with van der Waals surface area (Å²) in [4.78, 5) is 43.4. The molecule has 3 N–H and O–H groups in total. The molecular weight excluding hydrogens is 462 g/mol. The van der Waals surface area contributed by atoms with Crippen LogP contribution in [0, 0.1) is 19.8 Å². The molecule has 8 nitrogen and oxygen atoms in total. The second kappa shape index (κ2) is 10.8. The van der Waals surface area contributed by atoms with Crippen molar-refractivity contribution < 1.29 is 14.4 Å². The number of nitrogens with two attached hydrogens (primary N) is 1. The minimum absolute atomic E-state index is 0.147. The van der Waals surface area contributed by atoms with E-state index in [0.29, 0.717) is 42.3 Å². The van der Waals surface area contributed by atoms with Gasteiger partial charge in [0.15, 0.2) is 5.16 Å². The maximum Gasteiger partial charge on any atom is 0.255 e. The molecule has 2 heterocycles. The van der Waals surface area contributed by atoms with Gasteiger partial charge in [-0.1, -0.05) is 30.0 Å². The Morgan fingerprint density at radius 1 is 1.09 bits per heavy atom. The predicted octanol–water partition coefficient (Wildman–Crippen LogP) is 3.56. The lowest BCUT2D eigenvalue weighted by Crippen LogP contribution is -2.42. The Labute approximate surface area is 208 Å². The topological polar surface area (TPSA) is 110 Å². The van der Waals surface area contributed by atoms with Crippen molar-refractivity contribution in [2.24, 2.45) is 11.7 Å². The number of rotatable bonds is 7. The fraction of sp³-hybridized carbons (Fsp3) is 0.308. The largest absolute Gasteiger partial charge is 0.369 e. The molecule has 3 amide bonds. The number of amides is 3. The number of carbonyl (C=O) groups is 3. The molecule has 1 fully saturated rings. The van der Waals surface area contributed by atoms with Crippen LogP contribution in [0.4, 0.5) is 5.69 Å². The number of benzene rings is 2. The van der Waals surface area contributed by atoms with Gasteiger partial charge in [-0.15, -0.1) is 0 Å². The van der Waals surface area contributed by atoms with Gasteiger partial charge in [-0.3, -0.25) is 19.0 Å². The number of nitrogens with one attached hydrogen (secondary N) is 1. The van der Waals surface area contributed by atoms with E-state index in [9.17, 15) is 14.4 Å². The molecule has 0 bridgehead atoms. The van der Waals surface area contributed by atoms with Gasteiger partial charge in [0.1, 0.15) is 0 Å². The summed E-state index contributed by atoms with van der Waals surface area (Å²) in [7, 11) is 0. The first-order valence-corrected chi connectivity index (χ1v) is 12.5. The Hall–Kier alpha value is -3.59. The van der Waals surface area contributed by atoms with Crippen LogP contribution in [0.2, 0.25) is 0 Å². The zero-order valence-electron chi connectivity index (χ0n) is 19.9. The van der Waals surface area contributed by atoms with Crippen LogP contribution in [0.1, 0.15) is 34.3 Å². The Morgan fingerprint density at radius 3 is 2.46 bits per heavy atom. The third kappa shape index (κ3) is 5.92. The third-order valence-corrected chi connectivity index (χ3v) is 7.01. The number of aryl methyl sites for hydroxylation is 2. The molecule has 0 unspecified atom stereocenters. The van der Waals surface area contributed by atoms with Gasteiger partial charge in [-0.25, -0.2) is 4.98 Å². The normalized spacial score (nSPS) is 14.1. The minimum atomic E-state index is -0.319. The molecule has 1 aromatic heterocycles. The number of likely N-dealkylation sites (tertiary alicyclic amines) is 1. The van der Waals surface area contributed by atoms with E-state index in [2.05, 4.69) is 28.5 Å². The fourth-order valence-corrected chi connectivity index (χ4v) is 5.09. The summed E-state index contributed by atoms with van der Waals surface area (Å²) in [5, 5.41) is 3.59. The van der Waals surface area contributed by atoms with Crippen LogP contribution >= 0.6 is 11.8 Å². The van der Waals surface area contributed by atoms with Crippen molar-refractivity contribution in [3.63, 3.8) is 0 Å². The van der Waals surface area contributed by atoms with Gasteiger partial charge < -0.3 is 16.0 Å². The SMILES string of the molecule is Cc1cc(C)cc(-n2ccnc2SCC(=O)Nc2ccccc2C(=O)N2CCC(C(N)=O)CC2)c1. The van der Waals surface area contributed by atoms with Gasteiger partial charge in [-0.05, 0) is 62.1 Å². The van der Waals surface area contributed by atoms with Crippen molar-refractivity contribution in [3.8, 4) is 5.69 Å². The molecule has 0 radical (unpaired) electrons. The van der Waals surface area contributed by atoms with Gasteiger partial charge in [0.25, 0.3) is 5.91 Å². The van der Waals surface area contributed by atoms with E-state index < -0.39 is 0 Å². The molecule has 4 rings (SSSR count). The summed E-state index contributed by atoms with van der Waals surface area (Å²) < 4.78 is 1.96. The first kappa shape index (κ1) is 24.5. The van der Waals surface area contributed by atoms with Gasteiger partial charge >= 0.3 is 0 Å². The molecule has 1 saturated heterocycles. The number of thioether (sulfide) groups is 1. The maximum absolute atomic E-state index is 13.1. The number of hydrogen-bond acceptors (Lipinski definition) is 5. The Balaban J connectivity index is 1.40. The summed E-state index contributed by atoms with van der Waals surface area (Å²) in [6.07, 6.45) is 4.70. The van der Waals surface area contributed by atoms with Crippen LogP contribution in [-0.2, 0) is 9.59 Å². The Morgan fingerprint density at radius 2 is 1.77 bits per heavy atom. The lowest BCUT2D eigenvalue weighted by molar-refractivity contribution is -0.123. The number of imidazole rings is 1. The summed E-state index contributed by atoms with van der Waals surface area (Å²) in [6.45, 7) is 5.02. The van der Waals surface area contributed by atoms with Crippen LogP contribution in [0.15, 0.2) is 60.0 Å². The quantitative estimate of drug-likeness (QED) is 0.491. The van der Waals surface area contributed by atoms with Crippen molar-refractivity contribution in [2.45, 2.75) is 31.8 Å². The van der Waals surface area contributed by atoms with Crippen LogP contribution in [0.5, 0.6) is 0 Å². The molecule has 35 heavy (non-hydrogen) atoms. The third-order valence-electron chi connectivity index (χ3n) is 6.04. The van der Waals surface area contributed by atoms with Crippen molar-refractivity contribution in [1.29, 1.82) is 0 Å². The van der Waals surface area contributed by atoms with Gasteiger partial charge in [0.05, 0.1) is 17.0 Å². The molecule has 1 aliphatic rings. The molecule has 3 aromatic rings. The van der Waals surface area contributed by atoms with Crippen molar-refractivity contribution >= 4 is 35.2 Å². The highest BCUT2D eigenvalue weighted by atomic mass is 32.2. The summed E-state index contributed by atoms with van der Waals surface area (Å²) in [5.41, 5.74) is 9.61. The van der Waals surface area contributed by atoms with Crippen molar-refractivity contribution in [3.05, 3.63) is 71.5 Å². The lowest BCUT2D eigenvalue weighted by atomic mass is 9.95. The number of piperidine rings is 1. The number of primary amides is 1. The summed E-state index contributed by atoms with van der Waals surface area (Å²) in [5.74, 6) is -0.754. The number of hydrogen-bond donors (Lipinski definition) is 2. The van der Waals surface area contributed by atoms with Crippen molar-refractivity contribution in [1.82, 2.24) is 14.5 Å². The molecule has 0 saturated carbocycles. The van der Waals surface area contributed by atoms with E-state index >= 15 is 0 Å². The summed E-state index contributed by atoms with van der Waals surface area (Å²) >= 11 is 1.33. The number of anilines is 1. The molecule has 0 atom stereocenters. The molecular formula is C26H29N5O3S. The standard InChI is InChI=1S/C26H29N5O3S/c1-17-13-18(2)15-20(14-17)31-12-9-28-26(31)35-16-23(32)29-22-6-4-3-5-21(22)25(34)30-10-7-19(8-11-30)24(27)33/h3-6,9,12-15,19H,7-8,10-11,16H2,1-2H3,(H2,27,33)(H,29,32). The zero-order valence-corrected chi connectivity index (χ0v) is 20.7. The van der Waals surface area contributed by atoms with E-state index in [-0.39, 0.29) is 29.4 Å². The highest BCUT2D eigenvalue weighted by molar-refractivity contribution is 7.99. The van der Waals surface area contributed by atoms with E-state index in [1.165, 1.54) is 11.8 Å². The average Bonchev–Trinajstić information content (AvgIpc) is 3.31. The lowest BCUT2D eigenvalue weighted by Gasteiger charge is -2.31. The fourth-order valence-electron chi connectivity index (χ4n) is 4.32. The highest BCUT2D eigenvalue weighted by Gasteiger charge is 2.27. The van der Waals surface area contributed by atoms with Crippen LogP contribution in [-0.4, -0.2) is 51.0 Å². The smallest absolute Gasteiger partial charge is 0.255 e. The number of aromatic nitrogens is 2. The second-order valence-electron chi connectivity index (χ2n) is 8.78. The van der Waals surface area contributed by atoms with E-state index in [1.54, 1.807) is 35.4 Å². The minimum Gasteiger partial charge on any atom is -0.369 e. The van der Waals surface area contributed by atoms with E-state index in [1.807, 2.05) is 24.6 Å². The molecule has 2 aromatic carbocycles. The number of para-hydroxylation sites is 1. The van der Waals surface area contributed by atoms with Crippen LogP contribution in [0.25, 0.3) is 5.69 Å². The van der Waals surface area contributed by atoms with Gasteiger partial charge in [0, 0.05) is 37.1 Å². The maximum atomic E-state index is 13.1. The predicted molar refractivity (Wildman–Crippen MR) is 137 cm³/mol. The second-order valence-corrected chi connectivity index (χ2v) is 9.72. The molecule has 0 aliphatic carbocycles. The Bertz CT molecular complexity index is 1230. The number of carbonyl (C=O) groups excluding carboxylic acids is 3. The number of nitrogens with zero attached hydrogens (tertiary/aromatic N) is 3. The molecule has 1 aliphatic heterocycles.